The number of aryl methyl sites for hydroxylation is 2. The van der Waals surface area contributed by atoms with Crippen LogP contribution >= 0.6 is 0 Å². The SMILES string of the molecule is Cc1ccc(C(=O)Oc2ccccc2C(=O)COCc2ccccc2)cc1C. The molecule has 3 aromatic carbocycles. The zero-order chi connectivity index (χ0) is 19.9. The third-order valence-corrected chi connectivity index (χ3v) is 4.48. The predicted octanol–water partition coefficient (Wildman–Crippen LogP) is 4.92. The summed E-state index contributed by atoms with van der Waals surface area (Å²) >= 11 is 0. The van der Waals surface area contributed by atoms with Crippen molar-refractivity contribution in [3.05, 3.63) is 101 Å². The van der Waals surface area contributed by atoms with Crippen LogP contribution in [0.25, 0.3) is 0 Å². The summed E-state index contributed by atoms with van der Waals surface area (Å²) in [4.78, 5) is 25.0. The van der Waals surface area contributed by atoms with Crippen molar-refractivity contribution in [3.8, 4) is 5.75 Å². The fourth-order valence-corrected chi connectivity index (χ4v) is 2.73. The van der Waals surface area contributed by atoms with Gasteiger partial charge in [-0.2, -0.15) is 0 Å². The highest BCUT2D eigenvalue weighted by Gasteiger charge is 2.16. The van der Waals surface area contributed by atoms with E-state index in [-0.39, 0.29) is 18.1 Å². The zero-order valence-electron chi connectivity index (χ0n) is 16.0. The summed E-state index contributed by atoms with van der Waals surface area (Å²) in [5, 5.41) is 0. The Morgan fingerprint density at radius 3 is 2.29 bits per heavy atom. The van der Waals surface area contributed by atoms with Gasteiger partial charge in [-0.05, 0) is 54.8 Å². The summed E-state index contributed by atoms with van der Waals surface area (Å²) in [5.41, 5.74) is 3.87. The van der Waals surface area contributed by atoms with Gasteiger partial charge in [0.25, 0.3) is 0 Å². The van der Waals surface area contributed by atoms with E-state index in [1.165, 1.54) is 0 Å². The van der Waals surface area contributed by atoms with E-state index < -0.39 is 5.97 Å². The first kappa shape index (κ1) is 19.5. The first-order valence-corrected chi connectivity index (χ1v) is 9.08. The molecule has 4 heteroatoms. The first-order chi connectivity index (χ1) is 13.5. The van der Waals surface area contributed by atoms with Crippen molar-refractivity contribution in [1.29, 1.82) is 0 Å². The molecule has 142 valence electrons. The molecule has 0 aromatic heterocycles. The fraction of sp³-hybridized carbons (Fsp3) is 0.167. The lowest BCUT2D eigenvalue weighted by Gasteiger charge is -2.10. The van der Waals surface area contributed by atoms with Crippen LogP contribution in [0.1, 0.15) is 37.4 Å². The molecule has 0 heterocycles. The number of Topliss-reactive ketones (excluding diaryl/α,β-unsaturated/α-hetero) is 1. The normalized spacial score (nSPS) is 10.5. The molecular weight excluding hydrogens is 352 g/mol. The monoisotopic (exact) mass is 374 g/mol. The van der Waals surface area contributed by atoms with Gasteiger partial charge in [-0.25, -0.2) is 4.79 Å². The highest BCUT2D eigenvalue weighted by Crippen LogP contribution is 2.21. The third kappa shape index (κ3) is 4.93. The van der Waals surface area contributed by atoms with Crippen molar-refractivity contribution >= 4 is 11.8 Å². The van der Waals surface area contributed by atoms with Crippen molar-refractivity contribution in [2.24, 2.45) is 0 Å². The van der Waals surface area contributed by atoms with Crippen LogP contribution in [0.4, 0.5) is 0 Å². The number of ketones is 1. The molecule has 0 aliphatic carbocycles. The lowest BCUT2D eigenvalue weighted by Crippen LogP contribution is -2.14. The van der Waals surface area contributed by atoms with Gasteiger partial charge in [-0.1, -0.05) is 48.5 Å². The number of benzene rings is 3. The maximum Gasteiger partial charge on any atom is 0.343 e. The topological polar surface area (TPSA) is 52.6 Å². The molecule has 28 heavy (non-hydrogen) atoms. The number of carbonyl (C=O) groups excluding carboxylic acids is 2. The van der Waals surface area contributed by atoms with Crippen LogP contribution < -0.4 is 4.74 Å². The van der Waals surface area contributed by atoms with Gasteiger partial charge in [0, 0.05) is 0 Å². The van der Waals surface area contributed by atoms with E-state index in [0.717, 1.165) is 16.7 Å². The van der Waals surface area contributed by atoms with Crippen LogP contribution in [0.15, 0.2) is 72.8 Å². The molecule has 0 saturated carbocycles. The molecular formula is C24H22O4. The second-order valence-corrected chi connectivity index (χ2v) is 6.59. The van der Waals surface area contributed by atoms with E-state index in [1.807, 2.05) is 50.2 Å². The Bertz CT molecular complexity index is 977. The Balaban J connectivity index is 1.67. The Kier molecular flexibility index (Phi) is 6.35. The predicted molar refractivity (Wildman–Crippen MR) is 108 cm³/mol. The maximum atomic E-state index is 12.6. The van der Waals surface area contributed by atoms with Crippen molar-refractivity contribution < 1.29 is 19.1 Å². The molecule has 0 saturated heterocycles. The van der Waals surface area contributed by atoms with E-state index in [9.17, 15) is 9.59 Å². The molecule has 0 atom stereocenters. The van der Waals surface area contributed by atoms with Crippen LogP contribution in [0, 0.1) is 13.8 Å². The summed E-state index contributed by atoms with van der Waals surface area (Å²) in [6.45, 7) is 4.17. The van der Waals surface area contributed by atoms with Gasteiger partial charge in [0.15, 0.2) is 5.78 Å². The van der Waals surface area contributed by atoms with E-state index in [0.29, 0.717) is 17.7 Å². The molecule has 4 nitrogen and oxygen atoms in total. The first-order valence-electron chi connectivity index (χ1n) is 9.08. The van der Waals surface area contributed by atoms with Gasteiger partial charge in [-0.3, -0.25) is 4.79 Å². The second kappa shape index (κ2) is 9.11. The average molecular weight is 374 g/mol. The maximum absolute atomic E-state index is 12.6. The van der Waals surface area contributed by atoms with Gasteiger partial charge in [-0.15, -0.1) is 0 Å². The third-order valence-electron chi connectivity index (χ3n) is 4.48. The van der Waals surface area contributed by atoms with Gasteiger partial charge in [0.2, 0.25) is 0 Å². The lowest BCUT2D eigenvalue weighted by atomic mass is 10.1. The molecule has 0 N–H and O–H groups in total. The average Bonchev–Trinajstić information content (AvgIpc) is 2.71. The standard InChI is InChI=1S/C24H22O4/c1-17-12-13-20(14-18(17)2)24(26)28-23-11-7-6-10-21(23)22(25)16-27-15-19-8-4-3-5-9-19/h3-14H,15-16H2,1-2H3. The number of hydrogen-bond donors (Lipinski definition) is 0. The summed E-state index contributed by atoms with van der Waals surface area (Å²) in [6.07, 6.45) is 0. The number of esters is 1. The van der Waals surface area contributed by atoms with E-state index in [2.05, 4.69) is 0 Å². The van der Waals surface area contributed by atoms with Crippen LogP contribution in [0.5, 0.6) is 5.75 Å². The molecule has 0 aliphatic heterocycles. The van der Waals surface area contributed by atoms with E-state index in [4.69, 9.17) is 9.47 Å². The van der Waals surface area contributed by atoms with Gasteiger partial charge in [0.1, 0.15) is 12.4 Å². The molecule has 3 rings (SSSR count). The van der Waals surface area contributed by atoms with Crippen LogP contribution in [0.3, 0.4) is 0 Å². The van der Waals surface area contributed by atoms with Crippen LogP contribution in [-0.2, 0) is 11.3 Å². The quantitative estimate of drug-likeness (QED) is 0.335. The molecule has 0 fully saturated rings. The van der Waals surface area contributed by atoms with Crippen molar-refractivity contribution in [1.82, 2.24) is 0 Å². The molecule has 0 unspecified atom stereocenters. The minimum Gasteiger partial charge on any atom is -0.422 e. The molecule has 0 radical (unpaired) electrons. The number of para-hydroxylation sites is 1. The van der Waals surface area contributed by atoms with Crippen LogP contribution in [0.2, 0.25) is 0 Å². The van der Waals surface area contributed by atoms with Crippen molar-refractivity contribution in [2.45, 2.75) is 20.5 Å². The second-order valence-electron chi connectivity index (χ2n) is 6.59. The molecule has 3 aromatic rings. The highest BCUT2D eigenvalue weighted by molar-refractivity contribution is 6.01. The summed E-state index contributed by atoms with van der Waals surface area (Å²) < 4.78 is 11.0. The highest BCUT2D eigenvalue weighted by atomic mass is 16.5. The molecule has 0 spiro atoms. The smallest absolute Gasteiger partial charge is 0.343 e. The Morgan fingerprint density at radius 2 is 1.54 bits per heavy atom. The van der Waals surface area contributed by atoms with E-state index >= 15 is 0 Å². The van der Waals surface area contributed by atoms with Crippen molar-refractivity contribution in [3.63, 3.8) is 0 Å². The Labute approximate surface area is 164 Å². The Hall–Kier alpha value is -3.24. The summed E-state index contributed by atoms with van der Waals surface area (Å²) in [7, 11) is 0. The summed E-state index contributed by atoms with van der Waals surface area (Å²) in [5.74, 6) is -0.494. The number of ether oxygens (including phenoxy) is 2. The number of carbonyl (C=O) groups is 2. The van der Waals surface area contributed by atoms with Crippen LogP contribution in [-0.4, -0.2) is 18.4 Å². The van der Waals surface area contributed by atoms with Crippen molar-refractivity contribution in [2.75, 3.05) is 6.61 Å². The molecule has 0 bridgehead atoms. The number of rotatable bonds is 7. The van der Waals surface area contributed by atoms with Gasteiger partial charge < -0.3 is 9.47 Å². The molecule has 0 aliphatic rings. The Morgan fingerprint density at radius 1 is 0.821 bits per heavy atom. The summed E-state index contributed by atoms with van der Waals surface area (Å²) in [6, 6.07) is 21.7. The number of hydrogen-bond acceptors (Lipinski definition) is 4. The largest absolute Gasteiger partial charge is 0.422 e. The van der Waals surface area contributed by atoms with E-state index in [1.54, 1.807) is 36.4 Å². The molecule has 0 amide bonds. The van der Waals surface area contributed by atoms with Gasteiger partial charge >= 0.3 is 5.97 Å². The minimum atomic E-state index is -0.492. The lowest BCUT2D eigenvalue weighted by molar-refractivity contribution is 0.0703. The van der Waals surface area contributed by atoms with Gasteiger partial charge in [0.05, 0.1) is 17.7 Å². The zero-order valence-corrected chi connectivity index (χ0v) is 16.0. The minimum absolute atomic E-state index is 0.0902. The fourth-order valence-electron chi connectivity index (χ4n) is 2.73.